The second-order valence-corrected chi connectivity index (χ2v) is 1.64. The lowest BCUT2D eigenvalue weighted by atomic mass is 10.6. The number of rotatable bonds is 1. The van der Waals surface area contributed by atoms with E-state index in [0.717, 1.165) is 0 Å². The minimum atomic E-state index is -0.0648. The fourth-order valence-corrected chi connectivity index (χ4v) is 0. The quantitative estimate of drug-likeness (QED) is 0.448. The van der Waals surface area contributed by atoms with Crippen LogP contribution in [-0.4, -0.2) is 25.2 Å². The molecule has 0 aliphatic rings. The number of nitrogens with zero attached hydrogens (tertiary/aromatic N) is 1. The monoisotopic (exact) mass is 87.1 g/mol. The zero-order chi connectivity index (χ0) is 5.15. The van der Waals surface area contributed by atoms with Crippen LogP contribution in [-0.2, 0) is 0 Å². The van der Waals surface area contributed by atoms with Crippen LogP contribution in [0.25, 0.3) is 0 Å². The minimum absolute atomic E-state index is 0.0648. The van der Waals surface area contributed by atoms with Crippen LogP contribution in [0.15, 0.2) is 0 Å². The smallest absolute Gasteiger partial charge is 0.0696 e. The van der Waals surface area contributed by atoms with Crippen molar-refractivity contribution in [2.75, 3.05) is 14.1 Å². The third kappa shape index (κ3) is 2.18. The van der Waals surface area contributed by atoms with E-state index in [0.29, 0.717) is 0 Å². The second kappa shape index (κ2) is 2.16. The highest BCUT2D eigenvalue weighted by atomic mass is 15.2. The van der Waals surface area contributed by atoms with Crippen LogP contribution in [0.3, 0.4) is 0 Å². The van der Waals surface area contributed by atoms with E-state index in [1.807, 2.05) is 25.9 Å². The third-order valence-corrected chi connectivity index (χ3v) is 0.775. The van der Waals surface area contributed by atoms with E-state index < -0.39 is 0 Å². The average Bonchev–Trinajstić information content (AvgIpc) is 1.36. The van der Waals surface area contributed by atoms with E-state index in [2.05, 4.69) is 0 Å². The molecule has 0 rings (SSSR count). The minimum Gasteiger partial charge on any atom is -0.293 e. The molecule has 0 spiro atoms. The van der Waals surface area contributed by atoms with Crippen molar-refractivity contribution in [3.63, 3.8) is 0 Å². The van der Waals surface area contributed by atoms with Crippen LogP contribution in [0.1, 0.15) is 6.92 Å². The van der Waals surface area contributed by atoms with Gasteiger partial charge in [-0.15, -0.1) is 0 Å². The Kier molecular flexibility index (Phi) is 2.13. The van der Waals surface area contributed by atoms with E-state index in [9.17, 15) is 0 Å². The van der Waals surface area contributed by atoms with Gasteiger partial charge in [0.2, 0.25) is 0 Å². The highest BCUT2D eigenvalue weighted by Crippen LogP contribution is 1.78. The Balaban J connectivity index is 2.99. The fourth-order valence-electron chi connectivity index (χ4n) is 0. The Morgan fingerprint density at radius 1 is 1.50 bits per heavy atom. The molecule has 0 aromatic rings. The highest BCUT2D eigenvalue weighted by Gasteiger charge is 1.91. The molecule has 0 aromatic heterocycles. The number of hydrogen-bond acceptors (Lipinski definition) is 1. The third-order valence-electron chi connectivity index (χ3n) is 0.775. The maximum Gasteiger partial charge on any atom is 0.0696 e. The van der Waals surface area contributed by atoms with Gasteiger partial charge in [-0.25, -0.2) is 5.73 Å². The predicted molar refractivity (Wildman–Crippen MR) is 26.2 cm³/mol. The first-order valence-corrected chi connectivity index (χ1v) is 2.02. The molecule has 0 saturated heterocycles. The van der Waals surface area contributed by atoms with Gasteiger partial charge in [0.15, 0.2) is 0 Å². The lowest BCUT2D eigenvalue weighted by Crippen LogP contribution is -2.24. The number of nitrogens with one attached hydrogen (secondary N) is 1. The SMILES string of the molecule is CC([NH])N(C)C. The maximum atomic E-state index is 6.96. The Morgan fingerprint density at radius 3 is 1.67 bits per heavy atom. The summed E-state index contributed by atoms with van der Waals surface area (Å²) in [6, 6.07) is 0. The van der Waals surface area contributed by atoms with Crippen LogP contribution in [0.4, 0.5) is 0 Å². The Morgan fingerprint density at radius 2 is 1.67 bits per heavy atom. The van der Waals surface area contributed by atoms with Gasteiger partial charge in [-0.3, -0.25) is 4.90 Å². The van der Waals surface area contributed by atoms with Crippen molar-refractivity contribution in [3.8, 4) is 0 Å². The molecule has 0 heterocycles. The summed E-state index contributed by atoms with van der Waals surface area (Å²) >= 11 is 0. The molecule has 2 nitrogen and oxygen atoms in total. The van der Waals surface area contributed by atoms with Gasteiger partial charge in [-0.05, 0) is 21.0 Å². The summed E-state index contributed by atoms with van der Waals surface area (Å²) in [6.45, 7) is 1.83. The van der Waals surface area contributed by atoms with Crippen molar-refractivity contribution < 1.29 is 0 Å². The first-order valence-electron chi connectivity index (χ1n) is 2.02. The van der Waals surface area contributed by atoms with E-state index >= 15 is 0 Å². The van der Waals surface area contributed by atoms with Crippen molar-refractivity contribution in [2.45, 2.75) is 13.1 Å². The summed E-state index contributed by atoms with van der Waals surface area (Å²) in [5.41, 5.74) is 6.96. The first kappa shape index (κ1) is 5.92. The van der Waals surface area contributed by atoms with Crippen molar-refractivity contribution in [2.24, 2.45) is 0 Å². The van der Waals surface area contributed by atoms with E-state index in [1.54, 1.807) is 0 Å². The van der Waals surface area contributed by atoms with Crippen LogP contribution in [0, 0.1) is 0 Å². The topological polar surface area (TPSA) is 27.0 Å². The number of hydrogen-bond donors (Lipinski definition) is 0. The van der Waals surface area contributed by atoms with Gasteiger partial charge in [-0.2, -0.15) is 0 Å². The van der Waals surface area contributed by atoms with Gasteiger partial charge in [0.25, 0.3) is 0 Å². The van der Waals surface area contributed by atoms with Crippen LogP contribution in [0.2, 0.25) is 0 Å². The van der Waals surface area contributed by atoms with Gasteiger partial charge in [0, 0.05) is 0 Å². The van der Waals surface area contributed by atoms with Crippen molar-refractivity contribution >= 4 is 0 Å². The molecule has 0 bridgehead atoms. The molecule has 1 N–H and O–H groups in total. The lowest BCUT2D eigenvalue weighted by molar-refractivity contribution is 0.313. The molecule has 0 saturated carbocycles. The normalized spacial score (nSPS) is 15.5. The first-order chi connectivity index (χ1) is 2.64. The van der Waals surface area contributed by atoms with Crippen molar-refractivity contribution in [3.05, 3.63) is 0 Å². The summed E-state index contributed by atoms with van der Waals surface area (Å²) in [4.78, 5) is 1.83. The fraction of sp³-hybridized carbons (Fsp3) is 1.00. The van der Waals surface area contributed by atoms with Gasteiger partial charge >= 0.3 is 0 Å². The van der Waals surface area contributed by atoms with Gasteiger partial charge in [0.05, 0.1) is 6.17 Å². The van der Waals surface area contributed by atoms with E-state index in [-0.39, 0.29) is 6.17 Å². The van der Waals surface area contributed by atoms with Crippen molar-refractivity contribution in [1.29, 1.82) is 0 Å². The molecule has 37 valence electrons. The predicted octanol–water partition coefficient (Wildman–Crippen LogP) is 0.177. The summed E-state index contributed by atoms with van der Waals surface area (Å²) in [5, 5.41) is 0. The van der Waals surface area contributed by atoms with Gasteiger partial charge in [0.1, 0.15) is 0 Å². The van der Waals surface area contributed by atoms with Crippen LogP contribution in [0.5, 0.6) is 0 Å². The zero-order valence-electron chi connectivity index (χ0n) is 4.52. The Labute approximate surface area is 38.9 Å². The molecule has 2 heteroatoms. The molecule has 0 aliphatic heterocycles. The van der Waals surface area contributed by atoms with Gasteiger partial charge < -0.3 is 0 Å². The molecule has 0 aromatic carbocycles. The van der Waals surface area contributed by atoms with Crippen LogP contribution < -0.4 is 5.73 Å². The molecule has 0 fully saturated rings. The summed E-state index contributed by atoms with van der Waals surface area (Å²) in [5.74, 6) is 0. The molecule has 0 aliphatic carbocycles. The summed E-state index contributed by atoms with van der Waals surface area (Å²) in [7, 11) is 3.77. The molecule has 1 unspecified atom stereocenters. The molecule has 0 amide bonds. The van der Waals surface area contributed by atoms with E-state index in [1.165, 1.54) is 0 Å². The van der Waals surface area contributed by atoms with E-state index in [4.69, 9.17) is 5.73 Å². The molecule has 1 atom stereocenters. The molecular formula is C4H11N2. The highest BCUT2D eigenvalue weighted by molar-refractivity contribution is 4.42. The molecule has 6 heavy (non-hydrogen) atoms. The Hall–Kier alpha value is -0.0800. The summed E-state index contributed by atoms with van der Waals surface area (Å²) < 4.78 is 0. The van der Waals surface area contributed by atoms with Crippen molar-refractivity contribution in [1.82, 2.24) is 10.6 Å². The lowest BCUT2D eigenvalue weighted by Gasteiger charge is -2.11. The molecular weight excluding hydrogens is 76.1 g/mol. The maximum absolute atomic E-state index is 6.96. The molecule has 1 radical (unpaired) electrons. The zero-order valence-corrected chi connectivity index (χ0v) is 4.52. The second-order valence-electron chi connectivity index (χ2n) is 1.64. The Bertz CT molecular complexity index is 26.5. The summed E-state index contributed by atoms with van der Waals surface area (Å²) in [6.07, 6.45) is -0.0648. The van der Waals surface area contributed by atoms with Crippen LogP contribution >= 0.6 is 0 Å². The average molecular weight is 87.1 g/mol. The van der Waals surface area contributed by atoms with Gasteiger partial charge in [-0.1, -0.05) is 0 Å². The standard InChI is InChI=1S/C4H11N2/c1-4(5)6(2)3/h4-5H,1-3H3. The largest absolute Gasteiger partial charge is 0.293 e.